The maximum atomic E-state index is 12.9. The predicted octanol–water partition coefficient (Wildman–Crippen LogP) is 0.919. The minimum atomic E-state index is -3.52. The fraction of sp³-hybridized carbons (Fsp3) is 0.571. The Morgan fingerprint density at radius 1 is 1.19 bits per heavy atom. The average Bonchev–Trinajstić information content (AvgIpc) is 3.15. The number of hydrogen-bond donors (Lipinski definition) is 0. The zero-order valence-corrected chi connectivity index (χ0v) is 12.7. The summed E-state index contributed by atoms with van der Waals surface area (Å²) in [5.41, 5.74) is 0. The number of nitrogens with zero attached hydrogens (tertiary/aromatic N) is 2. The zero-order chi connectivity index (χ0) is 15.0. The van der Waals surface area contributed by atoms with Crippen molar-refractivity contribution in [2.45, 2.75) is 24.0 Å². The van der Waals surface area contributed by atoms with Gasteiger partial charge in [-0.15, -0.1) is 0 Å². The Balaban J connectivity index is 1.61. The maximum absolute atomic E-state index is 12.9. The fourth-order valence-electron chi connectivity index (χ4n) is 2.58. The summed E-state index contributed by atoms with van der Waals surface area (Å²) in [7, 11) is -3.52. The van der Waals surface area contributed by atoms with Crippen LogP contribution in [0.5, 0.6) is 0 Å². The van der Waals surface area contributed by atoms with E-state index in [1.165, 1.54) is 28.6 Å². The van der Waals surface area contributed by atoms with Crippen molar-refractivity contribution in [2.75, 3.05) is 32.7 Å². The van der Waals surface area contributed by atoms with Gasteiger partial charge in [0, 0.05) is 32.7 Å². The number of piperazine rings is 1. The van der Waals surface area contributed by atoms with Gasteiger partial charge in [-0.1, -0.05) is 0 Å². The highest BCUT2D eigenvalue weighted by molar-refractivity contribution is 7.89. The van der Waals surface area contributed by atoms with Gasteiger partial charge in [0.15, 0.2) is 0 Å². The first-order valence-electron chi connectivity index (χ1n) is 7.10. The molecule has 0 aliphatic carbocycles. The van der Waals surface area contributed by atoms with Crippen LogP contribution in [0.25, 0.3) is 0 Å². The Labute approximate surface area is 124 Å². The van der Waals surface area contributed by atoms with Crippen molar-refractivity contribution < 1.29 is 17.5 Å². The third-order valence-electron chi connectivity index (χ3n) is 4.06. The quantitative estimate of drug-likeness (QED) is 0.776. The van der Waals surface area contributed by atoms with Crippen LogP contribution < -0.4 is 0 Å². The van der Waals surface area contributed by atoms with E-state index in [0.717, 1.165) is 6.54 Å². The molecule has 0 radical (unpaired) electrons. The smallest absolute Gasteiger partial charge is 0.243 e. The predicted molar refractivity (Wildman–Crippen MR) is 75.9 cm³/mol. The number of epoxide rings is 1. The van der Waals surface area contributed by atoms with E-state index in [4.69, 9.17) is 4.74 Å². The third kappa shape index (κ3) is 3.26. The van der Waals surface area contributed by atoms with E-state index in [1.54, 1.807) is 0 Å². The summed E-state index contributed by atoms with van der Waals surface area (Å²) in [6, 6.07) is 4.98. The zero-order valence-electron chi connectivity index (χ0n) is 11.9. The van der Waals surface area contributed by atoms with Crippen molar-refractivity contribution in [3.63, 3.8) is 0 Å². The molecule has 2 atom stereocenters. The molecule has 7 heteroatoms. The second-order valence-electron chi connectivity index (χ2n) is 5.54. The molecule has 1 aromatic rings. The highest BCUT2D eigenvalue weighted by atomic mass is 32.2. The van der Waals surface area contributed by atoms with Crippen LogP contribution in [0.15, 0.2) is 29.2 Å². The maximum Gasteiger partial charge on any atom is 0.243 e. The second-order valence-corrected chi connectivity index (χ2v) is 7.48. The van der Waals surface area contributed by atoms with Gasteiger partial charge in [-0.05, 0) is 31.2 Å². The van der Waals surface area contributed by atoms with Crippen molar-refractivity contribution in [3.8, 4) is 0 Å². The highest BCUT2D eigenvalue weighted by Gasteiger charge is 2.37. The van der Waals surface area contributed by atoms with Crippen molar-refractivity contribution >= 4 is 10.0 Å². The van der Waals surface area contributed by atoms with Crippen LogP contribution in [0.2, 0.25) is 0 Å². The number of sulfonamides is 1. The molecule has 0 aromatic heterocycles. The van der Waals surface area contributed by atoms with Crippen molar-refractivity contribution in [1.82, 2.24) is 9.21 Å². The molecule has 5 nitrogen and oxygen atoms in total. The Hall–Kier alpha value is -1.02. The van der Waals surface area contributed by atoms with Gasteiger partial charge < -0.3 is 4.74 Å². The molecular formula is C14H19FN2O3S. The van der Waals surface area contributed by atoms with E-state index >= 15 is 0 Å². The summed E-state index contributed by atoms with van der Waals surface area (Å²) in [5, 5.41) is 0. The van der Waals surface area contributed by atoms with E-state index in [2.05, 4.69) is 4.90 Å². The molecule has 116 valence electrons. The van der Waals surface area contributed by atoms with E-state index in [9.17, 15) is 12.8 Å². The average molecular weight is 314 g/mol. The first-order valence-corrected chi connectivity index (χ1v) is 8.54. The summed E-state index contributed by atoms with van der Waals surface area (Å²) >= 11 is 0. The van der Waals surface area contributed by atoms with Crippen molar-refractivity contribution in [1.29, 1.82) is 0 Å². The molecule has 0 bridgehead atoms. The van der Waals surface area contributed by atoms with Gasteiger partial charge in [0.25, 0.3) is 0 Å². The third-order valence-corrected chi connectivity index (χ3v) is 5.97. The van der Waals surface area contributed by atoms with Crippen molar-refractivity contribution in [2.24, 2.45) is 0 Å². The largest absolute Gasteiger partial charge is 0.368 e. The highest BCUT2D eigenvalue weighted by Crippen LogP contribution is 2.23. The lowest BCUT2D eigenvalue weighted by Crippen LogP contribution is -2.49. The topological polar surface area (TPSA) is 53.1 Å². The monoisotopic (exact) mass is 314 g/mol. The number of hydrogen-bond acceptors (Lipinski definition) is 4. The van der Waals surface area contributed by atoms with Crippen LogP contribution in [0, 0.1) is 5.82 Å². The van der Waals surface area contributed by atoms with Gasteiger partial charge in [0.2, 0.25) is 10.0 Å². The molecule has 0 N–H and O–H groups in total. The van der Waals surface area contributed by atoms with Gasteiger partial charge in [-0.2, -0.15) is 4.31 Å². The Morgan fingerprint density at radius 2 is 1.76 bits per heavy atom. The second kappa shape index (κ2) is 5.64. The lowest BCUT2D eigenvalue weighted by molar-refractivity contribution is 0.174. The van der Waals surface area contributed by atoms with Crippen LogP contribution in [-0.4, -0.2) is 62.6 Å². The Kier molecular flexibility index (Phi) is 4.00. The first-order chi connectivity index (χ1) is 9.96. The standard InChI is InChI=1S/C14H19FN2O3S/c1-11-14(20-11)10-16-6-8-17(9-7-16)21(18,19)13-4-2-12(15)3-5-13/h2-5,11,14H,6-10H2,1H3. The van der Waals surface area contributed by atoms with Gasteiger partial charge in [0.1, 0.15) is 5.82 Å². The van der Waals surface area contributed by atoms with Crippen LogP contribution in [-0.2, 0) is 14.8 Å². The number of benzene rings is 1. The molecule has 0 spiro atoms. The summed E-state index contributed by atoms with van der Waals surface area (Å²) < 4.78 is 44.7. The minimum absolute atomic E-state index is 0.150. The molecule has 1 aromatic carbocycles. The van der Waals surface area contributed by atoms with Gasteiger partial charge in [0.05, 0.1) is 17.1 Å². The number of rotatable bonds is 4. The molecule has 2 aliphatic heterocycles. The molecule has 0 amide bonds. The van der Waals surface area contributed by atoms with Gasteiger partial charge in [-0.25, -0.2) is 12.8 Å². The molecule has 2 heterocycles. The fourth-order valence-corrected chi connectivity index (χ4v) is 4.01. The molecule has 2 fully saturated rings. The summed E-state index contributed by atoms with van der Waals surface area (Å²) in [4.78, 5) is 2.38. The van der Waals surface area contributed by atoms with E-state index in [0.29, 0.717) is 38.4 Å². The lowest BCUT2D eigenvalue weighted by atomic mass is 10.3. The van der Waals surface area contributed by atoms with Crippen LogP contribution in [0.3, 0.4) is 0 Å². The lowest BCUT2D eigenvalue weighted by Gasteiger charge is -2.33. The molecule has 2 saturated heterocycles. The SMILES string of the molecule is CC1OC1CN1CCN(S(=O)(=O)c2ccc(F)cc2)CC1. The number of halogens is 1. The van der Waals surface area contributed by atoms with E-state index < -0.39 is 15.8 Å². The molecule has 0 saturated carbocycles. The Morgan fingerprint density at radius 3 is 2.29 bits per heavy atom. The Bertz CT molecular complexity index is 597. The van der Waals surface area contributed by atoms with Crippen LogP contribution in [0.4, 0.5) is 4.39 Å². The summed E-state index contributed by atoms with van der Waals surface area (Å²) in [5.74, 6) is -0.433. The van der Waals surface area contributed by atoms with Gasteiger partial charge >= 0.3 is 0 Å². The number of ether oxygens (including phenoxy) is 1. The summed E-state index contributed by atoms with van der Waals surface area (Å²) in [6.07, 6.45) is 0.622. The van der Waals surface area contributed by atoms with Crippen LogP contribution in [0.1, 0.15) is 6.92 Å². The molecule has 2 aliphatic rings. The van der Waals surface area contributed by atoms with E-state index in [1.807, 2.05) is 6.92 Å². The van der Waals surface area contributed by atoms with Crippen molar-refractivity contribution in [3.05, 3.63) is 30.1 Å². The first kappa shape index (κ1) is 14.9. The van der Waals surface area contributed by atoms with E-state index in [-0.39, 0.29) is 4.90 Å². The summed E-state index contributed by atoms with van der Waals surface area (Å²) in [6.45, 7) is 5.23. The molecule has 21 heavy (non-hydrogen) atoms. The normalized spacial score (nSPS) is 27.7. The molecule has 2 unspecified atom stereocenters. The minimum Gasteiger partial charge on any atom is -0.368 e. The van der Waals surface area contributed by atoms with Crippen LogP contribution >= 0.6 is 0 Å². The molecular weight excluding hydrogens is 295 g/mol. The molecule has 3 rings (SSSR count). The van der Waals surface area contributed by atoms with Gasteiger partial charge in [-0.3, -0.25) is 4.90 Å².